The number of halogens is 1. The summed E-state index contributed by atoms with van der Waals surface area (Å²) in [6.45, 7) is 0.223. The molecular weight excluding hydrogens is 324 g/mol. The van der Waals surface area contributed by atoms with Crippen LogP contribution in [0.4, 0.5) is 0 Å². The molecule has 0 aliphatic heterocycles. The third-order valence-electron chi connectivity index (χ3n) is 3.86. The lowest BCUT2D eigenvalue weighted by Crippen LogP contribution is -2.38. The summed E-state index contributed by atoms with van der Waals surface area (Å²) in [6.07, 6.45) is 5.21. The number of pyridine rings is 1. The molecule has 1 aliphatic carbocycles. The average Bonchev–Trinajstić information content (AvgIpc) is 2.43. The molecule has 0 saturated heterocycles. The summed E-state index contributed by atoms with van der Waals surface area (Å²) < 4.78 is 2.04. The van der Waals surface area contributed by atoms with Gasteiger partial charge in [0.15, 0.2) is 0 Å². The van der Waals surface area contributed by atoms with E-state index >= 15 is 0 Å². The van der Waals surface area contributed by atoms with Crippen LogP contribution in [-0.2, 0) is 7.05 Å². The van der Waals surface area contributed by atoms with Crippen LogP contribution in [-0.4, -0.2) is 28.2 Å². The van der Waals surface area contributed by atoms with Gasteiger partial charge in [-0.05, 0) is 47.5 Å². The number of hydrogen-bond acceptors (Lipinski definition) is 3. The molecule has 2 N–H and O–H groups in total. The number of aryl methyl sites for hydroxylation is 1. The normalized spacial score (nSPS) is 22.6. The molecule has 6 heteroatoms. The van der Waals surface area contributed by atoms with Crippen LogP contribution in [0.5, 0.6) is 0 Å². The highest BCUT2D eigenvalue weighted by Crippen LogP contribution is 2.24. The Hall–Kier alpha value is -1.14. The minimum absolute atomic E-state index is 0.126. The predicted molar refractivity (Wildman–Crippen MR) is 79.7 cm³/mol. The molecule has 1 fully saturated rings. The minimum atomic E-state index is -0.220. The van der Waals surface area contributed by atoms with Gasteiger partial charge in [0.05, 0.1) is 5.56 Å². The smallest absolute Gasteiger partial charge is 0.252 e. The zero-order valence-electron chi connectivity index (χ0n) is 11.4. The van der Waals surface area contributed by atoms with Crippen LogP contribution in [0, 0.1) is 5.92 Å². The number of carbonyl (C=O) groups excluding carboxylic acids is 1. The number of nitrogens with one attached hydrogen (secondary N) is 1. The number of hydrogen-bond donors (Lipinski definition) is 2. The second-order valence-electron chi connectivity index (χ2n) is 5.36. The fraction of sp³-hybridized carbons (Fsp3) is 0.571. The van der Waals surface area contributed by atoms with Gasteiger partial charge in [-0.1, -0.05) is 0 Å². The summed E-state index contributed by atoms with van der Waals surface area (Å²) in [6, 6.07) is 1.47. The molecule has 0 aromatic carbocycles. The Morgan fingerprint density at radius 1 is 1.45 bits per heavy atom. The van der Waals surface area contributed by atoms with Crippen LogP contribution in [0.1, 0.15) is 36.0 Å². The van der Waals surface area contributed by atoms with Gasteiger partial charge in [0.1, 0.15) is 0 Å². The van der Waals surface area contributed by atoms with E-state index in [1.54, 1.807) is 13.2 Å². The summed E-state index contributed by atoms with van der Waals surface area (Å²) in [5, 5.41) is 12.1. The topological polar surface area (TPSA) is 71.3 Å². The first-order valence-corrected chi connectivity index (χ1v) is 7.58. The molecule has 0 atom stereocenters. The van der Waals surface area contributed by atoms with Gasteiger partial charge in [0, 0.05) is 36.4 Å². The molecule has 2 rings (SSSR count). The summed E-state index contributed by atoms with van der Waals surface area (Å²) in [5.74, 6) is 0.140. The number of aliphatic hydroxyl groups excluding tert-OH is 1. The van der Waals surface area contributed by atoms with E-state index in [-0.39, 0.29) is 24.1 Å². The van der Waals surface area contributed by atoms with E-state index in [4.69, 9.17) is 5.11 Å². The van der Waals surface area contributed by atoms with Crippen molar-refractivity contribution in [1.82, 2.24) is 9.88 Å². The van der Waals surface area contributed by atoms with E-state index in [1.165, 1.54) is 10.6 Å². The molecule has 0 radical (unpaired) electrons. The summed E-state index contributed by atoms with van der Waals surface area (Å²) in [4.78, 5) is 23.8. The highest BCUT2D eigenvalue weighted by atomic mass is 79.9. The second-order valence-corrected chi connectivity index (χ2v) is 6.21. The molecular formula is C14H19BrN2O3. The molecule has 1 aromatic heterocycles. The summed E-state index contributed by atoms with van der Waals surface area (Å²) in [7, 11) is 1.64. The fourth-order valence-corrected chi connectivity index (χ4v) is 3.13. The predicted octanol–water partition coefficient (Wildman–Crippen LogP) is 1.43. The van der Waals surface area contributed by atoms with Crippen molar-refractivity contribution in [1.29, 1.82) is 0 Å². The lowest BCUT2D eigenvalue weighted by Gasteiger charge is -2.28. The molecule has 0 bridgehead atoms. The first-order valence-electron chi connectivity index (χ1n) is 6.79. The first-order chi connectivity index (χ1) is 9.51. The Morgan fingerprint density at radius 3 is 2.70 bits per heavy atom. The number of rotatable bonds is 3. The molecule has 5 nitrogen and oxygen atoms in total. The highest BCUT2D eigenvalue weighted by Gasteiger charge is 2.23. The van der Waals surface area contributed by atoms with E-state index < -0.39 is 0 Å². The van der Waals surface area contributed by atoms with Crippen molar-refractivity contribution in [2.45, 2.75) is 31.7 Å². The SMILES string of the molecule is Cn1cc(Br)c(C(=O)NC2CCC(CO)CC2)cc1=O. The van der Waals surface area contributed by atoms with E-state index in [2.05, 4.69) is 21.2 Å². The molecule has 1 amide bonds. The van der Waals surface area contributed by atoms with Crippen LogP contribution < -0.4 is 10.9 Å². The van der Waals surface area contributed by atoms with Crippen molar-refractivity contribution < 1.29 is 9.90 Å². The van der Waals surface area contributed by atoms with Crippen molar-refractivity contribution in [2.24, 2.45) is 13.0 Å². The van der Waals surface area contributed by atoms with E-state index in [0.29, 0.717) is 16.0 Å². The average molecular weight is 343 g/mol. The van der Waals surface area contributed by atoms with Gasteiger partial charge in [-0.25, -0.2) is 0 Å². The third-order valence-corrected chi connectivity index (χ3v) is 4.50. The number of carbonyl (C=O) groups is 1. The van der Waals surface area contributed by atoms with Gasteiger partial charge in [-0.15, -0.1) is 0 Å². The van der Waals surface area contributed by atoms with E-state index in [0.717, 1.165) is 25.7 Å². The van der Waals surface area contributed by atoms with Gasteiger partial charge in [0.2, 0.25) is 0 Å². The maximum absolute atomic E-state index is 12.2. The largest absolute Gasteiger partial charge is 0.396 e. The Balaban J connectivity index is 2.02. The van der Waals surface area contributed by atoms with Crippen LogP contribution in [0.3, 0.4) is 0 Å². The van der Waals surface area contributed by atoms with Gasteiger partial charge in [0.25, 0.3) is 11.5 Å². The second kappa shape index (κ2) is 6.54. The lowest BCUT2D eigenvalue weighted by molar-refractivity contribution is 0.0913. The Morgan fingerprint density at radius 2 is 2.10 bits per heavy atom. The van der Waals surface area contributed by atoms with Gasteiger partial charge < -0.3 is 15.0 Å². The van der Waals surface area contributed by atoms with Crippen molar-refractivity contribution in [2.75, 3.05) is 6.61 Å². The van der Waals surface area contributed by atoms with E-state index in [1.807, 2.05) is 0 Å². The Labute approximate surface area is 126 Å². The van der Waals surface area contributed by atoms with Crippen LogP contribution >= 0.6 is 15.9 Å². The minimum Gasteiger partial charge on any atom is -0.396 e. The van der Waals surface area contributed by atoms with Crippen molar-refractivity contribution in [3.8, 4) is 0 Å². The molecule has 110 valence electrons. The molecule has 1 heterocycles. The van der Waals surface area contributed by atoms with Crippen molar-refractivity contribution in [3.05, 3.63) is 32.7 Å². The van der Waals surface area contributed by atoms with Gasteiger partial charge in [-0.2, -0.15) is 0 Å². The van der Waals surface area contributed by atoms with Gasteiger partial charge in [-0.3, -0.25) is 9.59 Å². The zero-order valence-corrected chi connectivity index (χ0v) is 13.0. The van der Waals surface area contributed by atoms with Crippen molar-refractivity contribution in [3.63, 3.8) is 0 Å². The zero-order chi connectivity index (χ0) is 14.7. The summed E-state index contributed by atoms with van der Waals surface area (Å²) >= 11 is 3.31. The third kappa shape index (κ3) is 3.49. The number of aromatic nitrogens is 1. The van der Waals surface area contributed by atoms with Crippen LogP contribution in [0.2, 0.25) is 0 Å². The monoisotopic (exact) mass is 342 g/mol. The fourth-order valence-electron chi connectivity index (χ4n) is 2.52. The molecule has 0 spiro atoms. The molecule has 0 unspecified atom stereocenters. The van der Waals surface area contributed by atoms with Crippen LogP contribution in [0.15, 0.2) is 21.5 Å². The number of aliphatic hydroxyl groups is 1. The highest BCUT2D eigenvalue weighted by molar-refractivity contribution is 9.10. The molecule has 1 saturated carbocycles. The van der Waals surface area contributed by atoms with Crippen LogP contribution in [0.25, 0.3) is 0 Å². The molecule has 1 aromatic rings. The number of amides is 1. The van der Waals surface area contributed by atoms with Crippen molar-refractivity contribution >= 4 is 21.8 Å². The lowest BCUT2D eigenvalue weighted by atomic mass is 9.86. The van der Waals surface area contributed by atoms with Gasteiger partial charge >= 0.3 is 0 Å². The molecule has 1 aliphatic rings. The Bertz CT molecular complexity index is 548. The maximum Gasteiger partial charge on any atom is 0.252 e. The van der Waals surface area contributed by atoms with E-state index in [9.17, 15) is 9.59 Å². The number of nitrogens with zero attached hydrogens (tertiary/aromatic N) is 1. The Kier molecular flexibility index (Phi) is 4.99. The standard InChI is InChI=1S/C14H19BrN2O3/c1-17-7-12(15)11(6-13(17)19)14(20)16-10-4-2-9(8-18)3-5-10/h6-7,9-10,18H,2-5,8H2,1H3,(H,16,20). The molecule has 20 heavy (non-hydrogen) atoms. The quantitative estimate of drug-likeness (QED) is 0.872. The maximum atomic E-state index is 12.2. The summed E-state index contributed by atoms with van der Waals surface area (Å²) in [5.41, 5.74) is 0.166. The first kappa shape index (κ1) is 15.3.